The minimum Gasteiger partial charge on any atom is -0.325 e. The topological polar surface area (TPSA) is 75.6 Å². The lowest BCUT2D eigenvalue weighted by atomic mass is 10.2. The maximum absolute atomic E-state index is 10.9. The van der Waals surface area contributed by atoms with Gasteiger partial charge in [-0.2, -0.15) is 0 Å². The van der Waals surface area contributed by atoms with Crippen LogP contribution in [-0.4, -0.2) is 11.8 Å². The van der Waals surface area contributed by atoms with E-state index < -0.39 is 5.91 Å². The van der Waals surface area contributed by atoms with Crippen LogP contribution < -0.4 is 5.32 Å². The Kier molecular flexibility index (Phi) is 3.51. The quantitative estimate of drug-likeness (QED) is 0.786. The van der Waals surface area contributed by atoms with Crippen LogP contribution in [0.2, 0.25) is 5.02 Å². The number of benzene rings is 1. The van der Waals surface area contributed by atoms with Crippen LogP contribution in [0.25, 0.3) is 0 Å². The van der Waals surface area contributed by atoms with Crippen molar-refractivity contribution in [3.63, 3.8) is 0 Å². The molecule has 0 spiro atoms. The molecule has 2 amide bonds. The van der Waals surface area contributed by atoms with Gasteiger partial charge in [-0.05, 0) is 18.2 Å². The Bertz CT molecular complexity index is 431. The van der Waals surface area contributed by atoms with Gasteiger partial charge in [-0.1, -0.05) is 11.6 Å². The summed E-state index contributed by atoms with van der Waals surface area (Å²) in [5, 5.41) is 4.90. The summed E-state index contributed by atoms with van der Waals surface area (Å²) in [6.45, 7) is 1.34. The van der Waals surface area contributed by atoms with Crippen molar-refractivity contribution in [3.05, 3.63) is 33.7 Å². The van der Waals surface area contributed by atoms with Gasteiger partial charge in [0.25, 0.3) is 0 Å². The second-order valence-electron chi connectivity index (χ2n) is 2.77. The van der Waals surface area contributed by atoms with E-state index in [9.17, 15) is 14.5 Å². The van der Waals surface area contributed by atoms with E-state index in [2.05, 4.69) is 10.5 Å². The van der Waals surface area contributed by atoms with Crippen molar-refractivity contribution >= 4 is 29.1 Å². The van der Waals surface area contributed by atoms with Crippen LogP contribution in [0.5, 0.6) is 0 Å². The van der Waals surface area contributed by atoms with Crippen LogP contribution in [0.3, 0.4) is 0 Å². The molecule has 1 N–H and O–H groups in total. The number of anilines is 1. The molecular formula is C9H7ClN2O3. The summed E-state index contributed by atoms with van der Waals surface area (Å²) in [6, 6.07) is 4.07. The van der Waals surface area contributed by atoms with E-state index in [1.54, 1.807) is 0 Å². The summed E-state index contributed by atoms with van der Waals surface area (Å²) in [6.07, 6.45) is 0. The monoisotopic (exact) mass is 226 g/mol. The predicted molar refractivity (Wildman–Crippen MR) is 55.9 cm³/mol. The van der Waals surface area contributed by atoms with Gasteiger partial charge in [0.1, 0.15) is 0 Å². The third-order valence-corrected chi connectivity index (χ3v) is 1.92. The number of halogens is 1. The summed E-state index contributed by atoms with van der Waals surface area (Å²) in [4.78, 5) is 31.6. The summed E-state index contributed by atoms with van der Waals surface area (Å²) in [5.41, 5.74) is 0.468. The average Bonchev–Trinajstić information content (AvgIpc) is 2.19. The van der Waals surface area contributed by atoms with Crippen LogP contribution in [-0.2, 0) is 4.79 Å². The molecule has 0 radical (unpaired) electrons. The Hall–Kier alpha value is -1.75. The molecule has 0 aliphatic rings. The lowest BCUT2D eigenvalue weighted by Gasteiger charge is -2.04. The van der Waals surface area contributed by atoms with Crippen LogP contribution >= 0.6 is 11.6 Å². The molecule has 0 fully saturated rings. The van der Waals surface area contributed by atoms with Gasteiger partial charge in [-0.15, -0.1) is 4.91 Å². The van der Waals surface area contributed by atoms with Gasteiger partial charge in [-0.25, -0.2) is 0 Å². The molecule has 0 heterocycles. The highest BCUT2D eigenvalue weighted by Crippen LogP contribution is 2.23. The van der Waals surface area contributed by atoms with E-state index in [4.69, 9.17) is 11.6 Å². The van der Waals surface area contributed by atoms with E-state index in [0.29, 0.717) is 5.69 Å². The molecule has 1 aromatic carbocycles. The number of amides is 2. The Labute approximate surface area is 90.4 Å². The number of carbonyl (C=O) groups is 2. The summed E-state index contributed by atoms with van der Waals surface area (Å²) >= 11 is 5.76. The second-order valence-corrected chi connectivity index (χ2v) is 3.18. The number of nitroso groups, excluding NO2 is 1. The number of nitrogens with one attached hydrogen (secondary N) is 1. The first-order chi connectivity index (χ1) is 7.04. The van der Waals surface area contributed by atoms with Gasteiger partial charge < -0.3 is 5.32 Å². The Morgan fingerprint density at radius 1 is 1.40 bits per heavy atom. The molecule has 0 saturated carbocycles. The number of nitrogens with zero attached hydrogens (tertiary/aromatic N) is 1. The van der Waals surface area contributed by atoms with Crippen molar-refractivity contribution in [3.8, 4) is 0 Å². The molecule has 0 saturated heterocycles. The van der Waals surface area contributed by atoms with Gasteiger partial charge >= 0.3 is 5.91 Å². The maximum Gasteiger partial charge on any atom is 0.316 e. The molecule has 0 bridgehead atoms. The van der Waals surface area contributed by atoms with Crippen LogP contribution in [0, 0.1) is 4.91 Å². The van der Waals surface area contributed by atoms with Crippen molar-refractivity contribution < 1.29 is 9.59 Å². The Balaban J connectivity index is 3.02. The zero-order valence-electron chi connectivity index (χ0n) is 7.78. The van der Waals surface area contributed by atoms with Crippen molar-refractivity contribution in [2.75, 3.05) is 5.32 Å². The highest BCUT2D eigenvalue weighted by molar-refractivity contribution is 6.34. The van der Waals surface area contributed by atoms with Crippen molar-refractivity contribution in [2.45, 2.75) is 6.92 Å². The van der Waals surface area contributed by atoms with Crippen molar-refractivity contribution in [1.29, 1.82) is 0 Å². The lowest BCUT2D eigenvalue weighted by Crippen LogP contribution is -2.06. The smallest absolute Gasteiger partial charge is 0.316 e. The van der Waals surface area contributed by atoms with Crippen LogP contribution in [0.15, 0.2) is 23.4 Å². The second kappa shape index (κ2) is 4.65. The number of hydrogen-bond donors (Lipinski definition) is 1. The van der Waals surface area contributed by atoms with E-state index in [0.717, 1.165) is 0 Å². The molecule has 0 aliphatic heterocycles. The minimum absolute atomic E-state index is 0.0871. The summed E-state index contributed by atoms with van der Waals surface area (Å²) in [7, 11) is 0. The first-order valence-corrected chi connectivity index (χ1v) is 4.37. The molecule has 0 aliphatic carbocycles. The lowest BCUT2D eigenvalue weighted by molar-refractivity contribution is -0.114. The predicted octanol–water partition coefficient (Wildman–Crippen LogP) is 2.21. The van der Waals surface area contributed by atoms with Crippen LogP contribution in [0.4, 0.5) is 5.69 Å². The maximum atomic E-state index is 10.9. The van der Waals surface area contributed by atoms with E-state index in [1.807, 2.05) is 0 Å². The molecule has 1 aromatic rings. The normalized spacial score (nSPS) is 9.47. The Morgan fingerprint density at radius 2 is 2.07 bits per heavy atom. The van der Waals surface area contributed by atoms with Crippen LogP contribution in [0.1, 0.15) is 17.3 Å². The number of rotatable bonds is 2. The zero-order valence-corrected chi connectivity index (χ0v) is 8.54. The molecule has 6 heteroatoms. The highest BCUT2D eigenvalue weighted by atomic mass is 35.5. The first-order valence-electron chi connectivity index (χ1n) is 3.99. The van der Waals surface area contributed by atoms with Gasteiger partial charge in [0.05, 0.1) is 10.7 Å². The fourth-order valence-electron chi connectivity index (χ4n) is 0.992. The number of hydrogen-bond acceptors (Lipinski definition) is 3. The third kappa shape index (κ3) is 2.85. The number of carbonyl (C=O) groups excluding carboxylic acids is 2. The molecule has 5 nitrogen and oxygen atoms in total. The van der Waals surface area contributed by atoms with E-state index >= 15 is 0 Å². The molecule has 0 unspecified atom stereocenters. The average molecular weight is 227 g/mol. The molecule has 1 rings (SSSR count). The molecule has 0 atom stereocenters. The van der Waals surface area contributed by atoms with Gasteiger partial charge in [0, 0.05) is 17.7 Å². The van der Waals surface area contributed by atoms with Crippen molar-refractivity contribution in [2.24, 2.45) is 5.18 Å². The molecule has 0 aromatic heterocycles. The van der Waals surface area contributed by atoms with Gasteiger partial charge in [0.2, 0.25) is 5.91 Å². The SMILES string of the molecule is CC(=O)Nc1ccc(C(=O)N=O)cc1Cl. The summed E-state index contributed by atoms with van der Waals surface area (Å²) in [5.74, 6) is -1.17. The minimum atomic E-state index is -0.897. The highest BCUT2D eigenvalue weighted by Gasteiger charge is 2.09. The third-order valence-electron chi connectivity index (χ3n) is 1.61. The fraction of sp³-hybridized carbons (Fsp3) is 0.111. The zero-order chi connectivity index (χ0) is 11.4. The van der Waals surface area contributed by atoms with E-state index in [1.165, 1.54) is 25.1 Å². The van der Waals surface area contributed by atoms with Crippen molar-refractivity contribution in [1.82, 2.24) is 0 Å². The largest absolute Gasteiger partial charge is 0.325 e. The standard InChI is InChI=1S/C9H7ClN2O3/c1-5(13)11-8-3-2-6(4-7(8)10)9(14)12-15/h2-4H,1H3,(H,11,13). The molecule has 15 heavy (non-hydrogen) atoms. The molecular weight excluding hydrogens is 220 g/mol. The van der Waals surface area contributed by atoms with Gasteiger partial charge in [0.15, 0.2) is 0 Å². The molecule has 78 valence electrons. The summed E-state index contributed by atoms with van der Waals surface area (Å²) < 4.78 is 0. The fourth-order valence-corrected chi connectivity index (χ4v) is 1.22. The van der Waals surface area contributed by atoms with E-state index in [-0.39, 0.29) is 16.5 Å². The Morgan fingerprint density at radius 3 is 2.53 bits per heavy atom. The van der Waals surface area contributed by atoms with Gasteiger partial charge in [-0.3, -0.25) is 9.59 Å². The first kappa shape index (κ1) is 11.3.